The smallest absolute Gasteiger partial charge is 0.313 e. The van der Waals surface area contributed by atoms with E-state index in [-0.39, 0.29) is 46.3 Å². The Morgan fingerprint density at radius 2 is 1.78 bits per heavy atom. The molecule has 4 fully saturated rings. The van der Waals surface area contributed by atoms with Crippen LogP contribution in [0.25, 0.3) is 0 Å². The number of aliphatic hydroxyl groups excluding tert-OH is 1. The molecule has 1 heterocycles. The van der Waals surface area contributed by atoms with E-state index >= 15 is 0 Å². The first-order valence-electron chi connectivity index (χ1n) is 14.9. The van der Waals surface area contributed by atoms with Crippen LogP contribution in [0.5, 0.6) is 0 Å². The largest absolute Gasteiger partial charge is 0.462 e. The quantitative estimate of drug-likeness (QED) is 0.330. The van der Waals surface area contributed by atoms with E-state index in [2.05, 4.69) is 54.5 Å². The Kier molecular flexibility index (Phi) is 6.30. The maximum Gasteiger partial charge on any atom is 0.313 e. The summed E-state index contributed by atoms with van der Waals surface area (Å²) in [6.45, 7) is 17.2. The lowest BCUT2D eigenvalue weighted by atomic mass is 9.41. The highest BCUT2D eigenvalue weighted by Gasteiger charge is 2.76. The molecule has 1 spiro atoms. The van der Waals surface area contributed by atoms with Crippen molar-refractivity contribution in [3.63, 3.8) is 0 Å². The standard InChI is InChI=1S/C32H50O5/c1-19(2)17-21(36-20(3)33)18-31(8)25-12-15-30(7)23-9-10-24-28(4,5)26(34)13-14-29(24,6)22(23)11-16-32(25,30)27(35)37-31/h11,19,21,23-26,34H,9-10,12-18H2,1-8H3/t21-,23-,24+,25+,26+,29-,30+,31-,32+/m1/s1. The van der Waals surface area contributed by atoms with E-state index in [1.807, 2.05) is 0 Å². The number of rotatable bonds is 5. The first-order chi connectivity index (χ1) is 17.1. The Bertz CT molecular complexity index is 997. The zero-order valence-electron chi connectivity index (χ0n) is 24.5. The van der Waals surface area contributed by atoms with Crippen molar-refractivity contribution < 1.29 is 24.2 Å². The summed E-state index contributed by atoms with van der Waals surface area (Å²) in [5.41, 5.74) is 0.309. The molecule has 9 atom stereocenters. The van der Waals surface area contributed by atoms with Gasteiger partial charge in [-0.1, -0.05) is 53.2 Å². The molecule has 0 aromatic carbocycles. The van der Waals surface area contributed by atoms with Crippen molar-refractivity contribution in [1.29, 1.82) is 0 Å². The molecule has 5 nitrogen and oxygen atoms in total. The maximum absolute atomic E-state index is 14.0. The highest BCUT2D eigenvalue weighted by Crippen LogP contribution is 2.76. The van der Waals surface area contributed by atoms with Crippen LogP contribution in [-0.4, -0.2) is 34.9 Å². The predicted octanol–water partition coefficient (Wildman–Crippen LogP) is 6.62. The monoisotopic (exact) mass is 514 g/mol. The fourth-order valence-corrected chi connectivity index (χ4v) is 10.7. The van der Waals surface area contributed by atoms with E-state index in [9.17, 15) is 14.7 Å². The number of hydrogen-bond donors (Lipinski definition) is 1. The molecule has 0 bridgehead atoms. The molecule has 1 N–H and O–H groups in total. The van der Waals surface area contributed by atoms with Crippen molar-refractivity contribution in [1.82, 2.24) is 0 Å². The van der Waals surface area contributed by atoms with Gasteiger partial charge in [0.2, 0.25) is 0 Å². The lowest BCUT2D eigenvalue weighted by Gasteiger charge is -2.63. The fraction of sp³-hybridized carbons (Fsp3) is 0.875. The zero-order chi connectivity index (χ0) is 27.2. The molecule has 0 radical (unpaired) electrons. The highest BCUT2D eigenvalue weighted by atomic mass is 16.6. The van der Waals surface area contributed by atoms with Crippen LogP contribution >= 0.6 is 0 Å². The van der Waals surface area contributed by atoms with Gasteiger partial charge >= 0.3 is 11.9 Å². The van der Waals surface area contributed by atoms with Gasteiger partial charge in [-0.15, -0.1) is 0 Å². The van der Waals surface area contributed by atoms with Crippen LogP contribution in [0.1, 0.15) is 113 Å². The molecule has 4 aliphatic carbocycles. The lowest BCUT2D eigenvalue weighted by Crippen LogP contribution is -2.58. The summed E-state index contributed by atoms with van der Waals surface area (Å²) in [6, 6.07) is 0. The van der Waals surface area contributed by atoms with Crippen LogP contribution in [0.4, 0.5) is 0 Å². The molecule has 5 aliphatic rings. The van der Waals surface area contributed by atoms with Crippen LogP contribution in [0.15, 0.2) is 11.6 Å². The lowest BCUT2D eigenvalue weighted by molar-refractivity contribution is -0.165. The van der Waals surface area contributed by atoms with E-state index in [1.54, 1.807) is 5.57 Å². The summed E-state index contributed by atoms with van der Waals surface area (Å²) >= 11 is 0. The van der Waals surface area contributed by atoms with Crippen LogP contribution < -0.4 is 0 Å². The number of cyclic esters (lactones) is 1. The first kappa shape index (κ1) is 27.2. The number of fused-ring (bicyclic) bond motifs is 4. The second-order valence-corrected chi connectivity index (χ2v) is 15.1. The van der Waals surface area contributed by atoms with E-state index in [1.165, 1.54) is 6.92 Å². The Hall–Kier alpha value is -1.36. The van der Waals surface area contributed by atoms with E-state index in [0.717, 1.165) is 51.4 Å². The molecule has 5 rings (SSSR count). The maximum atomic E-state index is 14.0. The van der Waals surface area contributed by atoms with Gasteiger partial charge in [0.15, 0.2) is 0 Å². The SMILES string of the molecule is CC(=O)O[C@H](CC(C)C)C[C@@]1(C)OC(=O)[C@@]23CC=C4[C@@H](CC[C@H]5C(C)(C)[C@@H](O)CC[C@]45C)[C@]2(C)CC[C@@H]13. The molecule has 1 aliphatic heterocycles. The fourth-order valence-electron chi connectivity index (χ4n) is 10.7. The molecule has 0 unspecified atom stereocenters. The molecular weight excluding hydrogens is 464 g/mol. The van der Waals surface area contributed by atoms with Crippen molar-refractivity contribution in [2.75, 3.05) is 0 Å². The normalized spacial score (nSPS) is 46.8. The van der Waals surface area contributed by atoms with Gasteiger partial charge in [0.25, 0.3) is 0 Å². The van der Waals surface area contributed by atoms with Gasteiger partial charge in [0.05, 0.1) is 11.5 Å². The first-order valence-corrected chi connectivity index (χ1v) is 14.9. The van der Waals surface area contributed by atoms with Crippen molar-refractivity contribution >= 4 is 11.9 Å². The number of carbonyl (C=O) groups excluding carboxylic acids is 2. The zero-order valence-corrected chi connectivity index (χ0v) is 24.5. The Morgan fingerprint density at radius 1 is 1.08 bits per heavy atom. The average molecular weight is 515 g/mol. The summed E-state index contributed by atoms with van der Waals surface area (Å²) in [6.07, 6.45) is 10.2. The third kappa shape index (κ3) is 3.64. The van der Waals surface area contributed by atoms with Gasteiger partial charge in [-0.25, -0.2) is 0 Å². The molecule has 5 heteroatoms. The Morgan fingerprint density at radius 3 is 2.43 bits per heavy atom. The van der Waals surface area contributed by atoms with Gasteiger partial charge in [-0.3, -0.25) is 9.59 Å². The van der Waals surface area contributed by atoms with Crippen molar-refractivity contribution in [2.24, 2.45) is 45.3 Å². The summed E-state index contributed by atoms with van der Waals surface area (Å²) in [4.78, 5) is 25.9. The van der Waals surface area contributed by atoms with Gasteiger partial charge < -0.3 is 14.6 Å². The van der Waals surface area contributed by atoms with Crippen molar-refractivity contribution in [2.45, 2.75) is 131 Å². The topological polar surface area (TPSA) is 72.8 Å². The van der Waals surface area contributed by atoms with Crippen molar-refractivity contribution in [3.8, 4) is 0 Å². The summed E-state index contributed by atoms with van der Waals surface area (Å²) in [7, 11) is 0. The summed E-state index contributed by atoms with van der Waals surface area (Å²) in [5, 5.41) is 10.9. The summed E-state index contributed by atoms with van der Waals surface area (Å²) in [5.74, 6) is 1.09. The predicted molar refractivity (Wildman–Crippen MR) is 143 cm³/mol. The van der Waals surface area contributed by atoms with Crippen LogP contribution in [-0.2, 0) is 19.1 Å². The molecular formula is C32H50O5. The number of hydrogen-bond acceptors (Lipinski definition) is 5. The van der Waals surface area contributed by atoms with E-state index in [0.29, 0.717) is 24.2 Å². The minimum Gasteiger partial charge on any atom is -0.462 e. The number of aliphatic hydroxyl groups is 1. The van der Waals surface area contributed by atoms with Gasteiger partial charge in [0, 0.05) is 19.3 Å². The van der Waals surface area contributed by atoms with Crippen molar-refractivity contribution in [3.05, 3.63) is 11.6 Å². The second kappa shape index (κ2) is 8.57. The molecule has 37 heavy (non-hydrogen) atoms. The van der Waals surface area contributed by atoms with Crippen LogP contribution in [0.3, 0.4) is 0 Å². The Balaban J connectivity index is 1.50. The molecule has 1 saturated heterocycles. The van der Waals surface area contributed by atoms with Crippen LogP contribution in [0.2, 0.25) is 0 Å². The third-order valence-electron chi connectivity index (χ3n) is 12.3. The van der Waals surface area contributed by atoms with E-state index in [4.69, 9.17) is 9.47 Å². The second-order valence-electron chi connectivity index (χ2n) is 15.1. The number of allylic oxidation sites excluding steroid dienone is 2. The molecule has 3 saturated carbocycles. The molecule has 0 aromatic rings. The summed E-state index contributed by atoms with van der Waals surface area (Å²) < 4.78 is 12.2. The third-order valence-corrected chi connectivity index (χ3v) is 12.3. The van der Waals surface area contributed by atoms with Gasteiger partial charge in [-0.05, 0) is 92.3 Å². The minimum absolute atomic E-state index is 0.0203. The number of esters is 2. The van der Waals surface area contributed by atoms with Gasteiger partial charge in [-0.2, -0.15) is 0 Å². The minimum atomic E-state index is -0.618. The number of carbonyl (C=O) groups is 2. The molecule has 0 amide bonds. The van der Waals surface area contributed by atoms with Crippen LogP contribution in [0, 0.1) is 45.3 Å². The average Bonchev–Trinajstić information content (AvgIpc) is 3.20. The Labute approximate surface area is 224 Å². The number of ether oxygens (including phenoxy) is 2. The highest BCUT2D eigenvalue weighted by molar-refractivity contribution is 5.83. The van der Waals surface area contributed by atoms with Gasteiger partial charge in [0.1, 0.15) is 11.7 Å². The van der Waals surface area contributed by atoms with E-state index < -0.39 is 11.0 Å². The molecule has 0 aromatic heterocycles. The molecule has 208 valence electrons.